The molecule has 2 saturated heterocycles. The lowest BCUT2D eigenvalue weighted by Crippen LogP contribution is -2.37. The van der Waals surface area contributed by atoms with Gasteiger partial charge >= 0.3 is 0 Å². The second-order valence-electron chi connectivity index (χ2n) is 6.25. The van der Waals surface area contributed by atoms with Gasteiger partial charge in [-0.3, -0.25) is 14.5 Å². The van der Waals surface area contributed by atoms with Crippen molar-refractivity contribution in [3.63, 3.8) is 0 Å². The smallest absolute Gasteiger partial charge is 0.233 e. The third-order valence-corrected chi connectivity index (χ3v) is 4.81. The number of amides is 2. The molecule has 3 aliphatic rings. The highest BCUT2D eigenvalue weighted by atomic mass is 16.2. The quantitative estimate of drug-likeness (QED) is 0.731. The lowest BCUT2D eigenvalue weighted by atomic mass is 10.0. The minimum atomic E-state index is -0.0699. The maximum absolute atomic E-state index is 12.1. The summed E-state index contributed by atoms with van der Waals surface area (Å²) >= 11 is 0. The molecule has 0 aromatic rings. The van der Waals surface area contributed by atoms with Crippen molar-refractivity contribution in [2.45, 2.75) is 26.7 Å². The van der Waals surface area contributed by atoms with E-state index in [1.165, 1.54) is 11.3 Å². The first-order valence-corrected chi connectivity index (χ1v) is 6.59. The van der Waals surface area contributed by atoms with Crippen LogP contribution in [0.3, 0.4) is 0 Å². The number of likely N-dealkylation sites (tertiary alicyclic amines) is 1. The molecule has 94 valence electrons. The summed E-state index contributed by atoms with van der Waals surface area (Å²) in [5, 5.41) is 3.31. The Morgan fingerprint density at radius 1 is 1.29 bits per heavy atom. The van der Waals surface area contributed by atoms with E-state index < -0.39 is 0 Å². The fourth-order valence-electron chi connectivity index (χ4n) is 3.50. The molecular weight excluding hydrogens is 216 g/mol. The fourth-order valence-corrected chi connectivity index (χ4v) is 3.50. The molecule has 4 heteroatoms. The van der Waals surface area contributed by atoms with Gasteiger partial charge in [-0.2, -0.15) is 0 Å². The molecule has 0 aromatic carbocycles. The lowest BCUT2D eigenvalue weighted by molar-refractivity contribution is -0.143. The third kappa shape index (κ3) is 1.53. The monoisotopic (exact) mass is 236 g/mol. The first kappa shape index (κ1) is 11.2. The summed E-state index contributed by atoms with van der Waals surface area (Å²) in [7, 11) is 0. The molecule has 3 atom stereocenters. The molecule has 3 rings (SSSR count). The molecule has 4 nitrogen and oxygen atoms in total. The summed E-state index contributed by atoms with van der Waals surface area (Å²) in [6.45, 7) is 6.79. The van der Waals surface area contributed by atoms with E-state index in [4.69, 9.17) is 0 Å². The van der Waals surface area contributed by atoms with Gasteiger partial charge in [-0.1, -0.05) is 13.8 Å². The Labute approximate surface area is 102 Å². The normalized spacial score (nSPS) is 38.7. The number of nitrogens with one attached hydrogen (secondary N) is 1. The fraction of sp³-hybridized carbons (Fsp3) is 0.846. The van der Waals surface area contributed by atoms with Crippen molar-refractivity contribution < 1.29 is 9.59 Å². The van der Waals surface area contributed by atoms with Crippen molar-refractivity contribution in [3.8, 4) is 0 Å². The minimum Gasteiger partial charge on any atom is -0.316 e. The number of carbonyl (C=O) groups is 2. The third-order valence-electron chi connectivity index (χ3n) is 4.81. The SMILES string of the molecule is CC1(C)C2C(=O)N(CCC3CCNC3)C(=O)C21. The zero-order valence-electron chi connectivity index (χ0n) is 10.5. The number of hydrogen-bond acceptors (Lipinski definition) is 3. The summed E-state index contributed by atoms with van der Waals surface area (Å²) < 4.78 is 0. The van der Waals surface area contributed by atoms with Crippen LogP contribution in [0.1, 0.15) is 26.7 Å². The molecule has 1 aliphatic carbocycles. The molecule has 0 bridgehead atoms. The highest BCUT2D eigenvalue weighted by Gasteiger charge is 2.72. The molecular formula is C13H20N2O2. The number of nitrogens with zero attached hydrogens (tertiary/aromatic N) is 1. The average Bonchev–Trinajstić information content (AvgIpc) is 2.67. The molecule has 0 spiro atoms. The lowest BCUT2D eigenvalue weighted by Gasteiger charge is -2.21. The maximum Gasteiger partial charge on any atom is 0.233 e. The summed E-state index contributed by atoms with van der Waals surface area (Å²) in [5.74, 6) is 0.765. The van der Waals surface area contributed by atoms with Gasteiger partial charge < -0.3 is 5.32 Å². The summed E-state index contributed by atoms with van der Waals surface area (Å²) in [6.07, 6.45) is 2.14. The van der Waals surface area contributed by atoms with Gasteiger partial charge in [-0.05, 0) is 37.3 Å². The summed E-state index contributed by atoms with van der Waals surface area (Å²) in [4.78, 5) is 25.6. The van der Waals surface area contributed by atoms with Gasteiger partial charge in [-0.25, -0.2) is 0 Å². The predicted molar refractivity (Wildman–Crippen MR) is 63.1 cm³/mol. The van der Waals surface area contributed by atoms with E-state index >= 15 is 0 Å². The Morgan fingerprint density at radius 3 is 2.47 bits per heavy atom. The Kier molecular flexibility index (Phi) is 2.34. The number of hydrogen-bond donors (Lipinski definition) is 1. The van der Waals surface area contributed by atoms with Gasteiger partial charge in [0.2, 0.25) is 11.8 Å². The molecule has 0 aromatic heterocycles. The van der Waals surface area contributed by atoms with E-state index in [1.54, 1.807) is 0 Å². The molecule has 17 heavy (non-hydrogen) atoms. The van der Waals surface area contributed by atoms with Gasteiger partial charge in [0.15, 0.2) is 0 Å². The predicted octanol–water partition coefficient (Wildman–Crippen LogP) is 0.627. The molecule has 3 unspecified atom stereocenters. The van der Waals surface area contributed by atoms with Crippen molar-refractivity contribution in [3.05, 3.63) is 0 Å². The molecule has 2 amide bonds. The number of piperidine rings is 1. The standard InChI is InChI=1S/C13H20N2O2/c1-13(2)9-10(13)12(17)15(11(9)16)6-4-8-3-5-14-7-8/h8-10,14H,3-7H2,1-2H3. The van der Waals surface area contributed by atoms with Crippen LogP contribution in [0.15, 0.2) is 0 Å². The van der Waals surface area contributed by atoms with Gasteiger partial charge in [0.1, 0.15) is 0 Å². The minimum absolute atomic E-state index is 0.0169. The van der Waals surface area contributed by atoms with E-state index in [-0.39, 0.29) is 29.1 Å². The Morgan fingerprint density at radius 2 is 1.94 bits per heavy atom. The van der Waals surface area contributed by atoms with Crippen molar-refractivity contribution in [2.75, 3.05) is 19.6 Å². The first-order valence-electron chi connectivity index (χ1n) is 6.59. The van der Waals surface area contributed by atoms with E-state index in [0.717, 1.165) is 19.5 Å². The zero-order chi connectivity index (χ0) is 12.2. The highest BCUT2D eigenvalue weighted by Crippen LogP contribution is 2.63. The van der Waals surface area contributed by atoms with Gasteiger partial charge in [0.05, 0.1) is 11.8 Å². The molecule has 2 aliphatic heterocycles. The number of fused-ring (bicyclic) bond motifs is 1. The molecule has 1 saturated carbocycles. The van der Waals surface area contributed by atoms with E-state index in [1.807, 2.05) is 13.8 Å². The van der Waals surface area contributed by atoms with Crippen LogP contribution in [0.2, 0.25) is 0 Å². The van der Waals surface area contributed by atoms with Gasteiger partial charge in [0.25, 0.3) is 0 Å². The summed E-state index contributed by atoms with van der Waals surface area (Å²) in [5.41, 5.74) is -0.0699. The molecule has 0 radical (unpaired) electrons. The van der Waals surface area contributed by atoms with Crippen molar-refractivity contribution in [2.24, 2.45) is 23.2 Å². The van der Waals surface area contributed by atoms with E-state index in [9.17, 15) is 9.59 Å². The Hall–Kier alpha value is -0.900. The number of rotatable bonds is 3. The Bertz CT molecular complexity index is 348. The van der Waals surface area contributed by atoms with Gasteiger partial charge in [-0.15, -0.1) is 0 Å². The zero-order valence-corrected chi connectivity index (χ0v) is 10.5. The topological polar surface area (TPSA) is 49.4 Å². The van der Waals surface area contributed by atoms with Crippen LogP contribution in [0.5, 0.6) is 0 Å². The van der Waals surface area contributed by atoms with Crippen LogP contribution in [-0.2, 0) is 9.59 Å². The van der Waals surface area contributed by atoms with E-state index in [2.05, 4.69) is 5.32 Å². The van der Waals surface area contributed by atoms with Crippen LogP contribution in [0.4, 0.5) is 0 Å². The molecule has 3 fully saturated rings. The van der Waals surface area contributed by atoms with Crippen molar-refractivity contribution >= 4 is 11.8 Å². The van der Waals surface area contributed by atoms with Crippen LogP contribution < -0.4 is 5.32 Å². The Balaban J connectivity index is 1.59. The van der Waals surface area contributed by atoms with Crippen LogP contribution in [-0.4, -0.2) is 36.3 Å². The first-order chi connectivity index (χ1) is 8.03. The van der Waals surface area contributed by atoms with E-state index in [0.29, 0.717) is 12.5 Å². The maximum atomic E-state index is 12.1. The molecule has 2 heterocycles. The summed E-state index contributed by atoms with van der Waals surface area (Å²) in [6, 6.07) is 0. The highest BCUT2D eigenvalue weighted by molar-refractivity contribution is 6.10. The molecule has 1 N–H and O–H groups in total. The van der Waals surface area contributed by atoms with Crippen molar-refractivity contribution in [1.29, 1.82) is 0 Å². The van der Waals surface area contributed by atoms with Crippen LogP contribution in [0.25, 0.3) is 0 Å². The average molecular weight is 236 g/mol. The van der Waals surface area contributed by atoms with Crippen molar-refractivity contribution in [1.82, 2.24) is 10.2 Å². The number of carbonyl (C=O) groups excluding carboxylic acids is 2. The second kappa shape index (κ2) is 3.55. The van der Waals surface area contributed by atoms with Crippen LogP contribution in [0, 0.1) is 23.2 Å². The van der Waals surface area contributed by atoms with Crippen LogP contribution >= 0.6 is 0 Å². The second-order valence-corrected chi connectivity index (χ2v) is 6.25. The largest absolute Gasteiger partial charge is 0.316 e. The van der Waals surface area contributed by atoms with Gasteiger partial charge in [0, 0.05) is 6.54 Å². The number of imide groups is 1.